The first kappa shape index (κ1) is 18.5. The highest BCUT2D eigenvalue weighted by molar-refractivity contribution is 7.11. The largest absolute Gasteiger partial charge is 0.348 e. The molecule has 2 saturated heterocycles. The summed E-state index contributed by atoms with van der Waals surface area (Å²) in [6.07, 6.45) is 4.86. The fourth-order valence-corrected chi connectivity index (χ4v) is 7.07. The molecule has 1 aromatic rings. The van der Waals surface area contributed by atoms with E-state index in [-0.39, 0.29) is 5.41 Å². The van der Waals surface area contributed by atoms with Crippen molar-refractivity contribution >= 4 is 17.2 Å². The molecule has 1 saturated carbocycles. The first-order chi connectivity index (χ1) is 12.3. The molecular formula is C21H33N3OS. The van der Waals surface area contributed by atoms with Crippen LogP contribution in [0.4, 0.5) is 0 Å². The molecular weight excluding hydrogens is 342 g/mol. The van der Waals surface area contributed by atoms with Gasteiger partial charge in [0.1, 0.15) is 0 Å². The molecule has 3 aliphatic rings. The third-order valence-corrected chi connectivity index (χ3v) is 8.37. The molecule has 0 aromatic carbocycles. The molecule has 1 aromatic heterocycles. The lowest BCUT2D eigenvalue weighted by atomic mass is 9.65. The molecule has 0 bridgehead atoms. The van der Waals surface area contributed by atoms with Gasteiger partial charge < -0.3 is 9.80 Å². The third-order valence-electron chi connectivity index (χ3n) is 7.38. The van der Waals surface area contributed by atoms with E-state index in [1.807, 2.05) is 30.3 Å². The van der Waals surface area contributed by atoms with Crippen LogP contribution in [0.3, 0.4) is 0 Å². The summed E-state index contributed by atoms with van der Waals surface area (Å²) >= 11 is 1.93. The molecule has 2 atom stereocenters. The summed E-state index contributed by atoms with van der Waals surface area (Å²) in [6, 6.07) is 4.52. The molecule has 3 heterocycles. The molecule has 4 rings (SSSR count). The number of carbonyl (C=O) groups excluding carboxylic acids is 1. The Morgan fingerprint density at radius 3 is 2.58 bits per heavy atom. The SMILES string of the molecule is Cc1ccc(CN2CCC3(CC2)CC[C@]2(C(=O)N(C)C)CN(C)C[C@H]32)s1. The average Bonchev–Trinajstić information content (AvgIpc) is 3.24. The smallest absolute Gasteiger partial charge is 0.229 e. The van der Waals surface area contributed by atoms with Gasteiger partial charge in [-0.25, -0.2) is 0 Å². The van der Waals surface area contributed by atoms with E-state index in [9.17, 15) is 4.79 Å². The topological polar surface area (TPSA) is 26.8 Å². The van der Waals surface area contributed by atoms with Gasteiger partial charge >= 0.3 is 0 Å². The van der Waals surface area contributed by atoms with Gasteiger partial charge in [0.25, 0.3) is 0 Å². The molecule has 1 spiro atoms. The molecule has 26 heavy (non-hydrogen) atoms. The van der Waals surface area contributed by atoms with Crippen LogP contribution in [-0.4, -0.2) is 67.9 Å². The van der Waals surface area contributed by atoms with Gasteiger partial charge in [-0.05, 0) is 76.2 Å². The number of piperidine rings is 1. The number of nitrogens with zero attached hydrogens (tertiary/aromatic N) is 3. The number of rotatable bonds is 3. The van der Waals surface area contributed by atoms with Gasteiger partial charge in [0.2, 0.25) is 5.91 Å². The summed E-state index contributed by atoms with van der Waals surface area (Å²) in [5, 5.41) is 0. The Bertz CT molecular complexity index is 677. The molecule has 4 nitrogen and oxygen atoms in total. The second-order valence-electron chi connectivity index (χ2n) is 9.26. The van der Waals surface area contributed by atoms with E-state index in [1.54, 1.807) is 0 Å². The Hall–Kier alpha value is -0.910. The maximum absolute atomic E-state index is 13.1. The van der Waals surface area contributed by atoms with Gasteiger partial charge in [-0.1, -0.05) is 0 Å². The maximum atomic E-state index is 13.1. The van der Waals surface area contributed by atoms with E-state index >= 15 is 0 Å². The van der Waals surface area contributed by atoms with Crippen molar-refractivity contribution in [2.75, 3.05) is 47.3 Å². The van der Waals surface area contributed by atoms with Crippen molar-refractivity contribution in [3.8, 4) is 0 Å². The first-order valence-electron chi connectivity index (χ1n) is 10.0. The van der Waals surface area contributed by atoms with E-state index < -0.39 is 0 Å². The molecule has 0 radical (unpaired) electrons. The normalized spacial score (nSPS) is 31.5. The molecule has 1 amide bonds. The van der Waals surface area contributed by atoms with Crippen molar-refractivity contribution in [1.82, 2.24) is 14.7 Å². The highest BCUT2D eigenvalue weighted by Crippen LogP contribution is 2.62. The van der Waals surface area contributed by atoms with Crippen LogP contribution in [0, 0.1) is 23.7 Å². The highest BCUT2D eigenvalue weighted by atomic mass is 32.1. The molecule has 3 fully saturated rings. The van der Waals surface area contributed by atoms with Gasteiger partial charge in [0.15, 0.2) is 0 Å². The number of amides is 1. The Morgan fingerprint density at radius 2 is 1.96 bits per heavy atom. The fraction of sp³-hybridized carbons (Fsp3) is 0.762. The van der Waals surface area contributed by atoms with Crippen molar-refractivity contribution in [2.24, 2.45) is 16.7 Å². The summed E-state index contributed by atoms with van der Waals surface area (Å²) in [5.41, 5.74) is 0.267. The summed E-state index contributed by atoms with van der Waals surface area (Å²) in [6.45, 7) is 7.71. The predicted octanol–water partition coefficient (Wildman–Crippen LogP) is 3.07. The zero-order valence-corrected chi connectivity index (χ0v) is 17.6. The second kappa shape index (κ2) is 6.61. The number of hydrogen-bond donors (Lipinski definition) is 0. The Balaban J connectivity index is 1.47. The first-order valence-corrected chi connectivity index (χ1v) is 10.8. The van der Waals surface area contributed by atoms with Gasteiger partial charge in [0.05, 0.1) is 5.41 Å². The van der Waals surface area contributed by atoms with Crippen LogP contribution in [0.25, 0.3) is 0 Å². The maximum Gasteiger partial charge on any atom is 0.229 e. The van der Waals surface area contributed by atoms with Gasteiger partial charge in [-0.3, -0.25) is 9.69 Å². The van der Waals surface area contributed by atoms with E-state index in [0.29, 0.717) is 17.2 Å². The number of thiophene rings is 1. The van der Waals surface area contributed by atoms with E-state index in [0.717, 1.165) is 26.1 Å². The predicted molar refractivity (Wildman–Crippen MR) is 107 cm³/mol. The zero-order valence-electron chi connectivity index (χ0n) is 16.8. The number of carbonyl (C=O) groups is 1. The van der Waals surface area contributed by atoms with Gasteiger partial charge in [-0.15, -0.1) is 11.3 Å². The van der Waals surface area contributed by atoms with Crippen molar-refractivity contribution in [1.29, 1.82) is 0 Å². The Labute approximate surface area is 162 Å². The number of hydrogen-bond acceptors (Lipinski definition) is 4. The quantitative estimate of drug-likeness (QED) is 0.812. The summed E-state index contributed by atoms with van der Waals surface area (Å²) in [5.74, 6) is 0.918. The average molecular weight is 376 g/mol. The van der Waals surface area contributed by atoms with Crippen LogP contribution in [0.15, 0.2) is 12.1 Å². The van der Waals surface area contributed by atoms with Crippen LogP contribution < -0.4 is 0 Å². The summed E-state index contributed by atoms with van der Waals surface area (Å²) < 4.78 is 0. The summed E-state index contributed by atoms with van der Waals surface area (Å²) in [7, 11) is 6.07. The number of aryl methyl sites for hydroxylation is 1. The number of fused-ring (bicyclic) bond motifs is 2. The van der Waals surface area contributed by atoms with Crippen LogP contribution in [0.1, 0.15) is 35.4 Å². The van der Waals surface area contributed by atoms with Crippen LogP contribution in [0.2, 0.25) is 0 Å². The van der Waals surface area contributed by atoms with Crippen LogP contribution in [-0.2, 0) is 11.3 Å². The van der Waals surface area contributed by atoms with Crippen LogP contribution >= 0.6 is 11.3 Å². The monoisotopic (exact) mass is 375 g/mol. The van der Waals surface area contributed by atoms with Gasteiger partial charge in [0, 0.05) is 43.5 Å². The van der Waals surface area contributed by atoms with Crippen molar-refractivity contribution in [2.45, 2.75) is 39.2 Å². The lowest BCUT2D eigenvalue weighted by molar-refractivity contribution is -0.141. The minimum absolute atomic E-state index is 0.120. The highest BCUT2D eigenvalue weighted by Gasteiger charge is 2.63. The molecule has 144 valence electrons. The third kappa shape index (κ3) is 2.92. The standard InChI is InChI=1S/C21H33N3OS/c1-16-5-6-17(26-16)13-24-11-9-20(10-12-24)7-8-21(19(25)22(2)3)15-23(4)14-18(20)21/h5-6,18H,7-15H2,1-4H3/t18-,21+/m1/s1. The minimum Gasteiger partial charge on any atom is -0.348 e. The second-order valence-corrected chi connectivity index (χ2v) is 10.6. The number of likely N-dealkylation sites (tertiary alicyclic amines) is 2. The fourth-order valence-electron chi connectivity index (χ4n) is 6.14. The molecule has 5 heteroatoms. The van der Waals surface area contributed by atoms with E-state index in [2.05, 4.69) is 35.9 Å². The summed E-state index contributed by atoms with van der Waals surface area (Å²) in [4.78, 5) is 22.9. The lowest BCUT2D eigenvalue weighted by Crippen LogP contribution is -2.48. The van der Waals surface area contributed by atoms with Gasteiger partial charge in [-0.2, -0.15) is 0 Å². The molecule has 0 N–H and O–H groups in total. The van der Waals surface area contributed by atoms with Crippen molar-refractivity contribution < 1.29 is 4.79 Å². The molecule has 0 unspecified atom stereocenters. The molecule has 2 aliphatic heterocycles. The molecule has 1 aliphatic carbocycles. The van der Waals surface area contributed by atoms with E-state index in [1.165, 1.54) is 42.1 Å². The Morgan fingerprint density at radius 1 is 1.23 bits per heavy atom. The van der Waals surface area contributed by atoms with Crippen LogP contribution in [0.5, 0.6) is 0 Å². The van der Waals surface area contributed by atoms with E-state index in [4.69, 9.17) is 0 Å². The zero-order chi connectivity index (χ0) is 18.5. The minimum atomic E-state index is -0.120. The van der Waals surface area contributed by atoms with Crippen molar-refractivity contribution in [3.05, 3.63) is 21.9 Å². The lowest BCUT2D eigenvalue weighted by Gasteiger charge is -2.44. The Kier molecular flexibility index (Phi) is 4.69. The van der Waals surface area contributed by atoms with Crippen molar-refractivity contribution in [3.63, 3.8) is 0 Å².